The summed E-state index contributed by atoms with van der Waals surface area (Å²) in [4.78, 5) is 25.6. The second-order valence-corrected chi connectivity index (χ2v) is 8.39. The van der Waals surface area contributed by atoms with E-state index in [1.165, 1.54) is 24.3 Å². The first kappa shape index (κ1) is 27.9. The second-order valence-electron chi connectivity index (χ2n) is 8.39. The van der Waals surface area contributed by atoms with Crippen LogP contribution in [-0.2, 0) is 15.1 Å². The number of hydrogen-bond acceptors (Lipinski definition) is 5. The fourth-order valence-electron chi connectivity index (χ4n) is 4.25. The zero-order valence-corrected chi connectivity index (χ0v) is 19.5. The number of urea groups is 1. The highest BCUT2D eigenvalue weighted by atomic mass is 19.4. The molecule has 2 amide bonds. The molecule has 0 aromatic heterocycles. The van der Waals surface area contributed by atoms with Crippen molar-refractivity contribution in [1.29, 1.82) is 0 Å². The Bertz CT molecular complexity index is 1040. The Hall–Kier alpha value is -3.64. The number of carbonyl (C=O) groups excluding carboxylic acids is 2. The van der Waals surface area contributed by atoms with Crippen LogP contribution in [0.2, 0.25) is 0 Å². The SMILES string of the molecule is COC(=O)CC(NC(=O)NC1CCCC1)(c1cccc(OC(F)(F)F)c1)c1cccc(OC(F)(F)F)c1. The van der Waals surface area contributed by atoms with E-state index >= 15 is 0 Å². The molecule has 13 heteroatoms. The number of esters is 1. The van der Waals surface area contributed by atoms with Crippen LogP contribution in [0.4, 0.5) is 31.1 Å². The first-order valence-electron chi connectivity index (χ1n) is 11.2. The van der Waals surface area contributed by atoms with Gasteiger partial charge in [-0.15, -0.1) is 26.3 Å². The van der Waals surface area contributed by atoms with Gasteiger partial charge < -0.3 is 24.8 Å². The van der Waals surface area contributed by atoms with Gasteiger partial charge in [-0.1, -0.05) is 37.1 Å². The van der Waals surface area contributed by atoms with Gasteiger partial charge in [-0.2, -0.15) is 0 Å². The Balaban J connectivity index is 2.15. The summed E-state index contributed by atoms with van der Waals surface area (Å²) in [6.07, 6.45) is -7.61. The lowest BCUT2D eigenvalue weighted by molar-refractivity contribution is -0.275. The average Bonchev–Trinajstić information content (AvgIpc) is 3.29. The molecule has 1 aliphatic rings. The topological polar surface area (TPSA) is 85.9 Å². The monoisotopic (exact) mass is 534 g/mol. The van der Waals surface area contributed by atoms with Gasteiger partial charge in [0.05, 0.1) is 13.5 Å². The minimum absolute atomic E-state index is 0.0784. The highest BCUT2D eigenvalue weighted by Crippen LogP contribution is 2.38. The number of benzene rings is 2. The molecule has 0 aliphatic heterocycles. The fraction of sp³-hybridized carbons (Fsp3) is 0.417. The first-order valence-corrected chi connectivity index (χ1v) is 11.2. The minimum Gasteiger partial charge on any atom is -0.469 e. The molecule has 1 aliphatic carbocycles. The molecule has 0 heterocycles. The summed E-state index contributed by atoms with van der Waals surface area (Å²) in [6.45, 7) is 0. The molecule has 0 atom stereocenters. The summed E-state index contributed by atoms with van der Waals surface area (Å²) in [5.41, 5.74) is -2.12. The normalized spacial score (nSPS) is 14.7. The molecule has 3 rings (SSSR count). The van der Waals surface area contributed by atoms with Crippen LogP contribution in [0.25, 0.3) is 0 Å². The van der Waals surface area contributed by atoms with Crippen molar-refractivity contribution < 1.29 is 50.1 Å². The number of nitrogens with one attached hydrogen (secondary N) is 2. The Labute approximate surface area is 208 Å². The van der Waals surface area contributed by atoms with E-state index in [9.17, 15) is 35.9 Å². The van der Waals surface area contributed by atoms with Crippen molar-refractivity contribution in [2.45, 2.75) is 56.4 Å². The molecule has 0 radical (unpaired) electrons. The summed E-state index contributed by atoms with van der Waals surface area (Å²) in [5.74, 6) is -2.23. The summed E-state index contributed by atoms with van der Waals surface area (Å²) < 4.78 is 90.2. The van der Waals surface area contributed by atoms with Gasteiger partial charge in [0.2, 0.25) is 0 Å². The maximum atomic E-state index is 13.1. The lowest BCUT2D eigenvalue weighted by Crippen LogP contribution is -2.53. The highest BCUT2D eigenvalue weighted by molar-refractivity contribution is 5.79. The molecule has 2 aromatic rings. The van der Waals surface area contributed by atoms with Crippen LogP contribution in [0.1, 0.15) is 43.2 Å². The van der Waals surface area contributed by atoms with Crippen LogP contribution in [0, 0.1) is 0 Å². The lowest BCUT2D eigenvalue weighted by atomic mass is 9.79. The van der Waals surface area contributed by atoms with E-state index < -0.39 is 48.2 Å². The predicted molar refractivity (Wildman–Crippen MR) is 118 cm³/mol. The lowest BCUT2D eigenvalue weighted by Gasteiger charge is -2.36. The molecule has 0 unspecified atom stereocenters. The molecule has 2 aromatic carbocycles. The van der Waals surface area contributed by atoms with E-state index in [1.807, 2.05) is 0 Å². The molecule has 1 saturated carbocycles. The van der Waals surface area contributed by atoms with Gasteiger partial charge in [-0.25, -0.2) is 4.79 Å². The van der Waals surface area contributed by atoms with E-state index in [0.717, 1.165) is 44.2 Å². The van der Waals surface area contributed by atoms with Crippen LogP contribution in [0.15, 0.2) is 48.5 Å². The second kappa shape index (κ2) is 11.2. The summed E-state index contributed by atoms with van der Waals surface area (Å²) >= 11 is 0. The fourth-order valence-corrected chi connectivity index (χ4v) is 4.25. The summed E-state index contributed by atoms with van der Waals surface area (Å²) in [7, 11) is 1.05. The largest absolute Gasteiger partial charge is 0.573 e. The Morgan fingerprint density at radius 1 is 0.865 bits per heavy atom. The third kappa shape index (κ3) is 7.92. The van der Waals surface area contributed by atoms with E-state index in [0.29, 0.717) is 12.8 Å². The van der Waals surface area contributed by atoms with Crippen molar-refractivity contribution in [3.05, 3.63) is 59.7 Å². The van der Waals surface area contributed by atoms with E-state index in [-0.39, 0.29) is 17.2 Å². The predicted octanol–water partition coefficient (Wildman–Crippen LogP) is 5.53. The molecular formula is C24H24F6N2O5. The first-order chi connectivity index (χ1) is 17.3. The van der Waals surface area contributed by atoms with Crippen LogP contribution in [0.5, 0.6) is 11.5 Å². The van der Waals surface area contributed by atoms with E-state index in [1.54, 1.807) is 0 Å². The van der Waals surface area contributed by atoms with Crippen molar-refractivity contribution in [3.63, 3.8) is 0 Å². The van der Waals surface area contributed by atoms with Gasteiger partial charge in [0.1, 0.15) is 17.0 Å². The van der Waals surface area contributed by atoms with Crippen molar-refractivity contribution in [2.75, 3.05) is 7.11 Å². The number of alkyl halides is 6. The maximum absolute atomic E-state index is 13.1. The third-order valence-electron chi connectivity index (χ3n) is 5.78. The van der Waals surface area contributed by atoms with Crippen LogP contribution >= 0.6 is 0 Å². The quantitative estimate of drug-likeness (QED) is 0.344. The standard InChI is InChI=1S/C24H24F6N2O5/c1-35-20(33)14-22(32-21(34)31-17-8-2-3-9-17,15-6-4-10-18(12-15)36-23(25,26)27)16-7-5-11-19(13-16)37-24(28,29)30/h4-7,10-13,17H,2-3,8-9,14H2,1H3,(H2,31,32,34). The summed E-state index contributed by atoms with van der Waals surface area (Å²) in [6, 6.07) is 7.90. The Morgan fingerprint density at radius 2 is 1.35 bits per heavy atom. The van der Waals surface area contributed by atoms with Gasteiger partial charge in [-0.05, 0) is 48.2 Å². The van der Waals surface area contributed by atoms with Crippen LogP contribution in [0.3, 0.4) is 0 Å². The number of amides is 2. The third-order valence-corrected chi connectivity index (χ3v) is 5.78. The Morgan fingerprint density at radius 3 is 1.78 bits per heavy atom. The molecule has 1 fully saturated rings. The van der Waals surface area contributed by atoms with Gasteiger partial charge in [-0.3, -0.25) is 4.79 Å². The molecule has 2 N–H and O–H groups in total. The average molecular weight is 534 g/mol. The highest BCUT2D eigenvalue weighted by Gasteiger charge is 2.41. The number of ether oxygens (including phenoxy) is 3. The number of rotatable bonds is 8. The van der Waals surface area contributed by atoms with Crippen LogP contribution in [-0.4, -0.2) is 37.9 Å². The Kier molecular flexibility index (Phi) is 8.44. The molecular weight excluding hydrogens is 510 g/mol. The molecule has 7 nitrogen and oxygen atoms in total. The number of hydrogen-bond donors (Lipinski definition) is 2. The van der Waals surface area contributed by atoms with Crippen molar-refractivity contribution >= 4 is 12.0 Å². The van der Waals surface area contributed by atoms with Gasteiger partial charge in [0.15, 0.2) is 0 Å². The maximum Gasteiger partial charge on any atom is 0.573 e. The van der Waals surface area contributed by atoms with Crippen LogP contribution < -0.4 is 20.1 Å². The van der Waals surface area contributed by atoms with Gasteiger partial charge in [0, 0.05) is 6.04 Å². The van der Waals surface area contributed by atoms with Gasteiger partial charge in [0.25, 0.3) is 0 Å². The molecule has 0 bridgehead atoms. The molecule has 0 spiro atoms. The van der Waals surface area contributed by atoms with Crippen molar-refractivity contribution in [1.82, 2.24) is 10.6 Å². The number of methoxy groups -OCH3 is 1. The molecule has 202 valence electrons. The van der Waals surface area contributed by atoms with Crippen molar-refractivity contribution in [3.8, 4) is 11.5 Å². The van der Waals surface area contributed by atoms with Crippen molar-refractivity contribution in [2.24, 2.45) is 0 Å². The van der Waals surface area contributed by atoms with Gasteiger partial charge >= 0.3 is 24.7 Å². The minimum atomic E-state index is -5.04. The van der Waals surface area contributed by atoms with E-state index in [4.69, 9.17) is 4.74 Å². The zero-order chi connectivity index (χ0) is 27.3. The zero-order valence-electron chi connectivity index (χ0n) is 19.5. The molecule has 37 heavy (non-hydrogen) atoms. The summed E-state index contributed by atoms with van der Waals surface area (Å²) in [5, 5.41) is 5.36. The number of halogens is 6. The van der Waals surface area contributed by atoms with E-state index in [2.05, 4.69) is 20.1 Å². The smallest absolute Gasteiger partial charge is 0.469 e. The molecule has 0 saturated heterocycles. The number of carbonyl (C=O) groups is 2.